The van der Waals surface area contributed by atoms with E-state index in [4.69, 9.17) is 0 Å². The number of hydrogen-bond donors (Lipinski definition) is 2. The minimum Gasteiger partial charge on any atom is -0.392 e. The molecule has 0 heterocycles. The molecular weight excluding hydrogens is 274 g/mol. The maximum atomic E-state index is 9.58. The Morgan fingerprint density at radius 3 is 1.77 bits per heavy atom. The highest BCUT2D eigenvalue weighted by molar-refractivity contribution is 5.63. The molecule has 22 heavy (non-hydrogen) atoms. The quantitative estimate of drug-likeness (QED) is 0.826. The molecule has 2 atom stereocenters. The Balaban J connectivity index is 2.05. The minimum absolute atomic E-state index is 0.401. The standard InChI is InChI=1S/C19H25NO2/c1-15(21)12-20(13-16(2)22)14-17-8-10-19(11-9-17)18-6-4-3-5-7-18/h3-11,15-16,21-22H,12-14H2,1-2H3. The molecule has 2 aromatic carbocycles. The van der Waals surface area contributed by atoms with Crippen LogP contribution in [0.25, 0.3) is 11.1 Å². The summed E-state index contributed by atoms with van der Waals surface area (Å²) in [5.41, 5.74) is 3.59. The molecule has 118 valence electrons. The van der Waals surface area contributed by atoms with Gasteiger partial charge in [0, 0.05) is 19.6 Å². The molecular formula is C19H25NO2. The minimum atomic E-state index is -0.401. The Morgan fingerprint density at radius 1 is 0.773 bits per heavy atom. The zero-order valence-corrected chi connectivity index (χ0v) is 13.3. The third-order valence-corrected chi connectivity index (χ3v) is 3.51. The van der Waals surface area contributed by atoms with Gasteiger partial charge >= 0.3 is 0 Å². The molecule has 3 nitrogen and oxygen atoms in total. The van der Waals surface area contributed by atoms with Gasteiger partial charge in [-0.15, -0.1) is 0 Å². The van der Waals surface area contributed by atoms with Crippen molar-refractivity contribution in [3.63, 3.8) is 0 Å². The van der Waals surface area contributed by atoms with Crippen LogP contribution < -0.4 is 0 Å². The van der Waals surface area contributed by atoms with E-state index in [-0.39, 0.29) is 0 Å². The molecule has 0 fully saturated rings. The fraction of sp³-hybridized carbons (Fsp3) is 0.368. The molecule has 3 heteroatoms. The van der Waals surface area contributed by atoms with Crippen LogP contribution in [0, 0.1) is 0 Å². The normalized spacial score (nSPS) is 14.0. The van der Waals surface area contributed by atoms with E-state index in [1.54, 1.807) is 13.8 Å². The Kier molecular flexibility index (Phi) is 6.13. The van der Waals surface area contributed by atoms with Crippen LogP contribution in [0.1, 0.15) is 19.4 Å². The molecule has 0 radical (unpaired) electrons. The van der Waals surface area contributed by atoms with Crippen LogP contribution in [0.5, 0.6) is 0 Å². The fourth-order valence-corrected chi connectivity index (χ4v) is 2.64. The number of aliphatic hydroxyl groups excluding tert-OH is 2. The Hall–Kier alpha value is -1.68. The third kappa shape index (κ3) is 5.26. The lowest BCUT2D eigenvalue weighted by Gasteiger charge is -2.25. The molecule has 0 aliphatic heterocycles. The molecule has 2 N–H and O–H groups in total. The SMILES string of the molecule is CC(O)CN(Cc1ccc(-c2ccccc2)cc1)CC(C)O. The largest absolute Gasteiger partial charge is 0.392 e. The second-order valence-corrected chi connectivity index (χ2v) is 5.96. The lowest BCUT2D eigenvalue weighted by atomic mass is 10.0. The summed E-state index contributed by atoms with van der Waals surface area (Å²) in [5.74, 6) is 0. The van der Waals surface area contributed by atoms with E-state index in [1.165, 1.54) is 16.7 Å². The van der Waals surface area contributed by atoms with Gasteiger partial charge < -0.3 is 10.2 Å². The smallest absolute Gasteiger partial charge is 0.0639 e. The van der Waals surface area contributed by atoms with Crippen molar-refractivity contribution >= 4 is 0 Å². The number of aliphatic hydroxyl groups is 2. The summed E-state index contributed by atoms with van der Waals surface area (Å²) in [6.45, 7) is 5.39. The maximum absolute atomic E-state index is 9.58. The van der Waals surface area contributed by atoms with Gasteiger partial charge in [-0.2, -0.15) is 0 Å². The molecule has 0 amide bonds. The Labute approximate surface area is 132 Å². The molecule has 0 aliphatic carbocycles. The third-order valence-electron chi connectivity index (χ3n) is 3.51. The van der Waals surface area contributed by atoms with E-state index in [9.17, 15) is 10.2 Å². The van der Waals surface area contributed by atoms with Gasteiger partial charge in [0.15, 0.2) is 0 Å². The first kappa shape index (κ1) is 16.7. The maximum Gasteiger partial charge on any atom is 0.0639 e. The van der Waals surface area contributed by atoms with Gasteiger partial charge in [0.1, 0.15) is 0 Å². The van der Waals surface area contributed by atoms with Crippen molar-refractivity contribution in [2.45, 2.75) is 32.6 Å². The molecule has 0 saturated carbocycles. The van der Waals surface area contributed by atoms with Gasteiger partial charge in [0.05, 0.1) is 12.2 Å². The summed E-state index contributed by atoms with van der Waals surface area (Å²) in [5, 5.41) is 19.2. The van der Waals surface area contributed by atoms with Crippen LogP contribution >= 0.6 is 0 Å². The molecule has 2 rings (SSSR count). The van der Waals surface area contributed by atoms with Gasteiger partial charge in [-0.25, -0.2) is 0 Å². The second kappa shape index (κ2) is 8.08. The molecule has 0 aromatic heterocycles. The van der Waals surface area contributed by atoms with Crippen molar-refractivity contribution in [1.29, 1.82) is 0 Å². The van der Waals surface area contributed by atoms with E-state index < -0.39 is 12.2 Å². The van der Waals surface area contributed by atoms with Crippen molar-refractivity contribution in [3.05, 3.63) is 60.2 Å². The van der Waals surface area contributed by atoms with E-state index in [1.807, 2.05) is 18.2 Å². The lowest BCUT2D eigenvalue weighted by molar-refractivity contribution is 0.0794. The van der Waals surface area contributed by atoms with Gasteiger partial charge in [0.2, 0.25) is 0 Å². The van der Waals surface area contributed by atoms with Crippen LogP contribution in [-0.2, 0) is 6.54 Å². The van der Waals surface area contributed by atoms with Crippen LogP contribution in [0.3, 0.4) is 0 Å². The summed E-state index contributed by atoms with van der Waals surface area (Å²) >= 11 is 0. The van der Waals surface area contributed by atoms with Crippen molar-refractivity contribution in [3.8, 4) is 11.1 Å². The summed E-state index contributed by atoms with van der Waals surface area (Å²) in [7, 11) is 0. The lowest BCUT2D eigenvalue weighted by Crippen LogP contribution is -2.35. The highest BCUT2D eigenvalue weighted by atomic mass is 16.3. The summed E-state index contributed by atoms with van der Waals surface area (Å²) < 4.78 is 0. The predicted octanol–water partition coefficient (Wildman–Crippen LogP) is 2.92. The first-order valence-electron chi connectivity index (χ1n) is 7.77. The average molecular weight is 299 g/mol. The zero-order valence-electron chi connectivity index (χ0n) is 13.3. The van der Waals surface area contributed by atoms with Gasteiger partial charge in [-0.3, -0.25) is 4.90 Å². The second-order valence-electron chi connectivity index (χ2n) is 5.96. The number of hydrogen-bond acceptors (Lipinski definition) is 3. The fourth-order valence-electron chi connectivity index (χ4n) is 2.64. The van der Waals surface area contributed by atoms with E-state index in [0.717, 1.165) is 6.54 Å². The molecule has 2 aromatic rings. The van der Waals surface area contributed by atoms with Crippen LogP contribution in [0.2, 0.25) is 0 Å². The van der Waals surface area contributed by atoms with E-state index in [2.05, 4.69) is 41.3 Å². The summed E-state index contributed by atoms with van der Waals surface area (Å²) in [4.78, 5) is 2.08. The number of benzene rings is 2. The van der Waals surface area contributed by atoms with Gasteiger partial charge in [-0.05, 0) is 30.5 Å². The topological polar surface area (TPSA) is 43.7 Å². The van der Waals surface area contributed by atoms with Crippen molar-refractivity contribution in [2.75, 3.05) is 13.1 Å². The van der Waals surface area contributed by atoms with Crippen molar-refractivity contribution < 1.29 is 10.2 Å². The van der Waals surface area contributed by atoms with Gasteiger partial charge in [0.25, 0.3) is 0 Å². The Bertz CT molecular complexity index is 539. The summed E-state index contributed by atoms with van der Waals surface area (Å²) in [6.07, 6.45) is -0.801. The Morgan fingerprint density at radius 2 is 1.27 bits per heavy atom. The van der Waals surface area contributed by atoms with Crippen LogP contribution in [-0.4, -0.2) is 40.4 Å². The monoisotopic (exact) mass is 299 g/mol. The highest BCUT2D eigenvalue weighted by Gasteiger charge is 2.11. The van der Waals surface area contributed by atoms with Crippen LogP contribution in [0.4, 0.5) is 0 Å². The highest BCUT2D eigenvalue weighted by Crippen LogP contribution is 2.19. The molecule has 0 saturated heterocycles. The average Bonchev–Trinajstić information content (AvgIpc) is 2.47. The van der Waals surface area contributed by atoms with Crippen molar-refractivity contribution in [1.82, 2.24) is 4.90 Å². The molecule has 2 unspecified atom stereocenters. The van der Waals surface area contributed by atoms with Gasteiger partial charge in [-0.1, -0.05) is 54.6 Å². The molecule has 0 spiro atoms. The van der Waals surface area contributed by atoms with E-state index >= 15 is 0 Å². The molecule has 0 bridgehead atoms. The van der Waals surface area contributed by atoms with Crippen molar-refractivity contribution in [2.24, 2.45) is 0 Å². The number of rotatable bonds is 7. The number of nitrogens with zero attached hydrogens (tertiary/aromatic N) is 1. The zero-order chi connectivity index (χ0) is 15.9. The molecule has 0 aliphatic rings. The summed E-state index contributed by atoms with van der Waals surface area (Å²) in [6, 6.07) is 18.7. The predicted molar refractivity (Wildman–Crippen MR) is 90.5 cm³/mol. The first-order valence-corrected chi connectivity index (χ1v) is 7.77. The first-order chi connectivity index (χ1) is 10.5. The van der Waals surface area contributed by atoms with Crippen LogP contribution in [0.15, 0.2) is 54.6 Å². The van der Waals surface area contributed by atoms with E-state index in [0.29, 0.717) is 13.1 Å².